The maximum absolute atomic E-state index is 14.3. The van der Waals surface area contributed by atoms with Crippen molar-refractivity contribution in [2.45, 2.75) is 52.2 Å². The van der Waals surface area contributed by atoms with Crippen LogP contribution < -0.4 is 19.6 Å². The lowest BCUT2D eigenvalue weighted by molar-refractivity contribution is -0.147. The van der Waals surface area contributed by atoms with E-state index in [2.05, 4.69) is 49.7 Å². The van der Waals surface area contributed by atoms with Gasteiger partial charge in [-0.25, -0.2) is 0 Å². The summed E-state index contributed by atoms with van der Waals surface area (Å²) in [6.45, 7) is 12.3. The molecule has 0 radical (unpaired) electrons. The Hall–Kier alpha value is -3.68. The van der Waals surface area contributed by atoms with Gasteiger partial charge in [-0.1, -0.05) is 43.9 Å². The van der Waals surface area contributed by atoms with Crippen molar-refractivity contribution in [2.24, 2.45) is 0 Å². The number of rotatable bonds is 4. The van der Waals surface area contributed by atoms with E-state index in [1.807, 2.05) is 31.2 Å². The summed E-state index contributed by atoms with van der Waals surface area (Å²) < 4.78 is 17.9. The fourth-order valence-corrected chi connectivity index (χ4v) is 8.86. The summed E-state index contributed by atoms with van der Waals surface area (Å²) >= 11 is 0. The second-order valence-electron chi connectivity index (χ2n) is 11.7. The number of hydrogen-bond donors (Lipinski definition) is 0. The first-order valence-electron chi connectivity index (χ1n) is 13.2. The third kappa shape index (κ3) is 3.36. The summed E-state index contributed by atoms with van der Waals surface area (Å²) in [6.07, 6.45) is 3.61. The molecule has 7 heteroatoms. The number of ether oxygens (including phenoxy) is 3. The van der Waals surface area contributed by atoms with Gasteiger partial charge in [0.25, 0.3) is 0 Å². The molecule has 3 aromatic rings. The van der Waals surface area contributed by atoms with E-state index in [9.17, 15) is 9.59 Å². The van der Waals surface area contributed by atoms with E-state index in [0.717, 1.165) is 44.4 Å². The van der Waals surface area contributed by atoms with Crippen LogP contribution in [0.2, 0.25) is 19.6 Å². The number of methoxy groups -OCH3 is 2. The summed E-state index contributed by atoms with van der Waals surface area (Å²) in [5.41, 5.74) is 6.32. The fourth-order valence-electron chi connectivity index (χ4n) is 6.63. The number of anilines is 2. The molecular weight excluding hydrogens is 506 g/mol. The first-order valence-corrected chi connectivity index (χ1v) is 16.7. The van der Waals surface area contributed by atoms with Crippen molar-refractivity contribution in [1.29, 1.82) is 0 Å². The molecule has 2 atom stereocenters. The SMILES string of the molecule is COc1cc2c(cc1OC)-c1c(c([Si](C)(C)C)c(C)c3c1C(C)(C(C)=O)OC1C=Cc4ccccc4N31)C2=O. The van der Waals surface area contributed by atoms with Gasteiger partial charge in [0.1, 0.15) is 0 Å². The molecule has 0 bridgehead atoms. The van der Waals surface area contributed by atoms with Gasteiger partial charge < -0.3 is 19.1 Å². The number of fused-ring (bicyclic) bond motifs is 9. The van der Waals surface area contributed by atoms with E-state index in [1.165, 1.54) is 0 Å². The molecule has 39 heavy (non-hydrogen) atoms. The zero-order valence-corrected chi connectivity index (χ0v) is 24.7. The lowest BCUT2D eigenvalue weighted by atomic mass is 9.80. The molecule has 0 saturated carbocycles. The molecule has 6 rings (SSSR count). The van der Waals surface area contributed by atoms with Crippen LogP contribution >= 0.6 is 0 Å². The molecule has 2 heterocycles. The predicted octanol–water partition coefficient (Wildman–Crippen LogP) is 6.09. The van der Waals surface area contributed by atoms with Crippen LogP contribution in [0.4, 0.5) is 11.4 Å². The van der Waals surface area contributed by atoms with Crippen LogP contribution in [-0.2, 0) is 15.1 Å². The van der Waals surface area contributed by atoms with Crippen molar-refractivity contribution in [3.05, 3.63) is 70.3 Å². The number of Topliss-reactive ketones (excluding diaryl/α,β-unsaturated/α-hetero) is 1. The Morgan fingerprint density at radius 1 is 1.03 bits per heavy atom. The molecule has 0 aromatic heterocycles. The van der Waals surface area contributed by atoms with E-state index >= 15 is 0 Å². The minimum absolute atomic E-state index is 0.0451. The Morgan fingerprint density at radius 3 is 2.28 bits per heavy atom. The topological polar surface area (TPSA) is 65.1 Å². The number of nitrogens with zero attached hydrogens (tertiary/aromatic N) is 1. The van der Waals surface area contributed by atoms with E-state index < -0.39 is 19.9 Å². The monoisotopic (exact) mass is 539 g/mol. The van der Waals surface area contributed by atoms with Crippen molar-refractivity contribution < 1.29 is 23.8 Å². The molecule has 0 fully saturated rings. The smallest absolute Gasteiger partial charge is 0.194 e. The summed E-state index contributed by atoms with van der Waals surface area (Å²) in [6, 6.07) is 11.8. The number of para-hydroxylation sites is 1. The zero-order valence-electron chi connectivity index (χ0n) is 23.7. The Morgan fingerprint density at radius 2 is 1.67 bits per heavy atom. The lowest BCUT2D eigenvalue weighted by Crippen LogP contribution is -2.52. The van der Waals surface area contributed by atoms with Crippen LogP contribution in [-0.4, -0.2) is 40.1 Å². The second kappa shape index (κ2) is 8.41. The standard InChI is InChI=1S/C32H33NO5Si/c1-17-29-28(32(3,18(2)34)38-25-14-13-19-11-9-10-12-22(19)33(25)29)26-20-15-23(36-4)24(37-5)16-21(20)30(35)27(26)31(17)39(6,7)8/h9-16,25H,1-8H3. The molecule has 0 N–H and O–H groups in total. The summed E-state index contributed by atoms with van der Waals surface area (Å²) in [4.78, 5) is 30.0. The highest BCUT2D eigenvalue weighted by Gasteiger charge is 2.52. The number of benzene rings is 3. The molecule has 3 aromatic carbocycles. The summed E-state index contributed by atoms with van der Waals surface area (Å²) in [5.74, 6) is 0.875. The molecule has 0 amide bonds. The maximum atomic E-state index is 14.3. The first kappa shape index (κ1) is 25.6. The summed E-state index contributed by atoms with van der Waals surface area (Å²) in [7, 11) is 1.06. The molecule has 0 spiro atoms. The minimum Gasteiger partial charge on any atom is -0.493 e. The Balaban J connectivity index is 1.83. The van der Waals surface area contributed by atoms with Gasteiger partial charge in [-0.15, -0.1) is 0 Å². The van der Waals surface area contributed by atoms with Gasteiger partial charge >= 0.3 is 0 Å². The van der Waals surface area contributed by atoms with Crippen molar-refractivity contribution >= 4 is 42.3 Å². The van der Waals surface area contributed by atoms with E-state index in [1.54, 1.807) is 27.2 Å². The van der Waals surface area contributed by atoms with Gasteiger partial charge in [0.2, 0.25) is 0 Å². The number of hydrogen-bond acceptors (Lipinski definition) is 6. The lowest BCUT2D eigenvalue weighted by Gasteiger charge is -2.49. The van der Waals surface area contributed by atoms with Crippen LogP contribution in [0, 0.1) is 6.92 Å². The Labute approximate surface area is 230 Å². The number of ketones is 2. The highest BCUT2D eigenvalue weighted by atomic mass is 28.3. The van der Waals surface area contributed by atoms with Gasteiger partial charge in [-0.05, 0) is 66.9 Å². The molecule has 200 valence electrons. The summed E-state index contributed by atoms with van der Waals surface area (Å²) in [5, 5.41) is 1.11. The highest BCUT2D eigenvalue weighted by molar-refractivity contribution is 6.90. The average Bonchev–Trinajstić information content (AvgIpc) is 3.17. The second-order valence-corrected chi connectivity index (χ2v) is 16.7. The average molecular weight is 540 g/mol. The van der Waals surface area contributed by atoms with Gasteiger partial charge in [-0.2, -0.15) is 0 Å². The van der Waals surface area contributed by atoms with Crippen LogP contribution in [0.3, 0.4) is 0 Å². The van der Waals surface area contributed by atoms with E-state index in [0.29, 0.717) is 22.6 Å². The van der Waals surface area contributed by atoms with Gasteiger partial charge in [0, 0.05) is 22.3 Å². The van der Waals surface area contributed by atoms with Crippen LogP contribution in [0.5, 0.6) is 11.5 Å². The van der Waals surface area contributed by atoms with Gasteiger partial charge in [0.05, 0.1) is 33.7 Å². The normalized spacial score (nSPS) is 20.6. The zero-order chi connectivity index (χ0) is 28.0. The molecule has 3 aliphatic rings. The van der Waals surface area contributed by atoms with Crippen LogP contribution in [0.1, 0.15) is 46.5 Å². The van der Waals surface area contributed by atoms with Crippen LogP contribution in [0.15, 0.2) is 42.5 Å². The third-order valence-corrected chi connectivity index (χ3v) is 10.5. The largest absolute Gasteiger partial charge is 0.493 e. The van der Waals surface area contributed by atoms with Crippen molar-refractivity contribution in [3.8, 4) is 22.6 Å². The first-order chi connectivity index (χ1) is 18.4. The van der Waals surface area contributed by atoms with Gasteiger partial charge in [-0.3, -0.25) is 9.59 Å². The molecule has 0 saturated heterocycles. The Bertz CT molecular complexity index is 1630. The van der Waals surface area contributed by atoms with Gasteiger partial charge in [0.15, 0.2) is 34.9 Å². The van der Waals surface area contributed by atoms with E-state index in [4.69, 9.17) is 14.2 Å². The highest BCUT2D eigenvalue weighted by Crippen LogP contribution is 2.56. The number of carbonyl (C=O) groups is 2. The molecule has 1 aliphatic carbocycles. The third-order valence-electron chi connectivity index (χ3n) is 8.37. The van der Waals surface area contributed by atoms with E-state index in [-0.39, 0.29) is 11.6 Å². The Kier molecular flexibility index (Phi) is 5.52. The number of carbonyl (C=O) groups excluding carboxylic acids is 2. The molecule has 2 aliphatic heterocycles. The predicted molar refractivity (Wildman–Crippen MR) is 157 cm³/mol. The van der Waals surface area contributed by atoms with Crippen LogP contribution in [0.25, 0.3) is 17.2 Å². The molecule has 2 unspecified atom stereocenters. The minimum atomic E-state index is -2.09. The molecule has 6 nitrogen and oxygen atoms in total. The van der Waals surface area contributed by atoms with Crippen molar-refractivity contribution in [2.75, 3.05) is 19.1 Å². The fraction of sp³-hybridized carbons (Fsp3) is 0.312. The molecular formula is C32H33NO5Si. The quantitative estimate of drug-likeness (QED) is 0.292. The van der Waals surface area contributed by atoms with Crippen molar-refractivity contribution in [1.82, 2.24) is 0 Å². The van der Waals surface area contributed by atoms with Crippen molar-refractivity contribution in [3.63, 3.8) is 0 Å². The maximum Gasteiger partial charge on any atom is 0.194 e.